The van der Waals surface area contributed by atoms with Crippen LogP contribution >= 0.6 is 34.7 Å². The van der Waals surface area contributed by atoms with Gasteiger partial charge in [-0.1, -0.05) is 34.7 Å². The normalized spacial score (nSPS) is 20.8. The first-order valence-electron chi connectivity index (χ1n) is 10.9. The number of hydrogen-bond donors (Lipinski definition) is 1. The SMILES string of the molecule is CCOC(=O)COc1ccc(Cl)cc1[C@H]1c2sc(=O)[nH]c2SC2C(=O)N(c3ccc(F)cc3)C(=O)C21. The minimum absolute atomic E-state index is 0.190. The molecule has 2 aromatic carbocycles. The lowest BCUT2D eigenvalue weighted by Crippen LogP contribution is -2.32. The molecule has 1 fully saturated rings. The number of rotatable bonds is 6. The highest BCUT2D eigenvalue weighted by Crippen LogP contribution is 2.54. The first kappa shape index (κ1) is 24.5. The van der Waals surface area contributed by atoms with Crippen molar-refractivity contribution in [3.8, 4) is 5.75 Å². The van der Waals surface area contributed by atoms with Crippen molar-refractivity contribution in [3.63, 3.8) is 0 Å². The van der Waals surface area contributed by atoms with Crippen LogP contribution in [0.5, 0.6) is 5.75 Å². The van der Waals surface area contributed by atoms with E-state index in [4.69, 9.17) is 21.1 Å². The summed E-state index contributed by atoms with van der Waals surface area (Å²) in [6.45, 7) is 1.50. The van der Waals surface area contributed by atoms with E-state index in [-0.39, 0.29) is 29.5 Å². The van der Waals surface area contributed by atoms with Crippen LogP contribution in [0, 0.1) is 11.7 Å². The minimum atomic E-state index is -0.894. The third-order valence-corrected chi connectivity index (χ3v) is 8.50. The van der Waals surface area contributed by atoms with Gasteiger partial charge in [0.25, 0.3) is 0 Å². The zero-order chi connectivity index (χ0) is 25.6. The van der Waals surface area contributed by atoms with E-state index in [1.807, 2.05) is 0 Å². The monoisotopic (exact) mass is 548 g/mol. The van der Waals surface area contributed by atoms with Crippen LogP contribution in [-0.2, 0) is 19.1 Å². The molecule has 3 heterocycles. The Bertz CT molecular complexity index is 1420. The van der Waals surface area contributed by atoms with Gasteiger partial charge in [0.15, 0.2) is 6.61 Å². The highest BCUT2D eigenvalue weighted by Gasteiger charge is 2.56. The number of aromatic amines is 1. The number of thiazole rings is 1. The largest absolute Gasteiger partial charge is 0.482 e. The van der Waals surface area contributed by atoms with Crippen molar-refractivity contribution in [3.05, 3.63) is 73.4 Å². The number of H-pyrrole nitrogens is 1. The fourth-order valence-corrected chi connectivity index (χ4v) is 7.12. The number of ether oxygens (including phenoxy) is 2. The van der Waals surface area contributed by atoms with E-state index in [1.54, 1.807) is 25.1 Å². The van der Waals surface area contributed by atoms with E-state index >= 15 is 0 Å². The number of carbonyl (C=O) groups is 3. The van der Waals surface area contributed by atoms with Crippen molar-refractivity contribution < 1.29 is 28.2 Å². The number of halogens is 2. The second kappa shape index (κ2) is 9.72. The molecule has 0 radical (unpaired) electrons. The summed E-state index contributed by atoms with van der Waals surface area (Å²) in [6, 6.07) is 9.84. The van der Waals surface area contributed by atoms with E-state index in [0.717, 1.165) is 28.0 Å². The van der Waals surface area contributed by atoms with Crippen LogP contribution in [0.1, 0.15) is 23.3 Å². The average Bonchev–Trinajstić information content (AvgIpc) is 3.33. The van der Waals surface area contributed by atoms with Crippen LogP contribution in [0.15, 0.2) is 52.3 Å². The van der Waals surface area contributed by atoms with Gasteiger partial charge in [-0.2, -0.15) is 0 Å². The Hall–Kier alpha value is -3.15. The number of anilines is 1. The molecule has 5 rings (SSSR count). The van der Waals surface area contributed by atoms with Gasteiger partial charge in [0, 0.05) is 21.4 Å². The van der Waals surface area contributed by atoms with Crippen molar-refractivity contribution >= 4 is 58.2 Å². The average molecular weight is 549 g/mol. The summed E-state index contributed by atoms with van der Waals surface area (Å²) >= 11 is 8.37. The van der Waals surface area contributed by atoms with Crippen molar-refractivity contribution in [2.24, 2.45) is 5.92 Å². The molecule has 1 aromatic heterocycles. The fourth-order valence-electron chi connectivity index (χ4n) is 4.43. The second-order valence-corrected chi connectivity index (χ2v) is 10.6. The number of benzene rings is 2. The number of amides is 2. The third kappa shape index (κ3) is 4.31. The molecule has 2 unspecified atom stereocenters. The van der Waals surface area contributed by atoms with Gasteiger partial charge < -0.3 is 14.5 Å². The molecule has 1 N–H and O–H groups in total. The van der Waals surface area contributed by atoms with Crippen molar-refractivity contribution in [2.45, 2.75) is 23.1 Å². The Morgan fingerprint density at radius 1 is 1.14 bits per heavy atom. The predicted molar refractivity (Wildman–Crippen MR) is 132 cm³/mol. The predicted octanol–water partition coefficient (Wildman–Crippen LogP) is 3.97. The van der Waals surface area contributed by atoms with Crippen molar-refractivity contribution in [1.29, 1.82) is 0 Å². The molecule has 2 aliphatic rings. The zero-order valence-corrected chi connectivity index (χ0v) is 21.0. The van der Waals surface area contributed by atoms with Gasteiger partial charge in [0.05, 0.1) is 23.2 Å². The van der Waals surface area contributed by atoms with Gasteiger partial charge in [-0.3, -0.25) is 14.4 Å². The Labute approximate surface area is 217 Å². The van der Waals surface area contributed by atoms with Gasteiger partial charge in [-0.25, -0.2) is 14.1 Å². The Morgan fingerprint density at radius 3 is 2.61 bits per heavy atom. The van der Waals surface area contributed by atoms with Crippen molar-refractivity contribution in [1.82, 2.24) is 4.98 Å². The standard InChI is InChI=1S/C24H18ClFN2O6S2/c1-2-33-16(29)10-34-15-8-3-11(25)9-14(15)17-18-20(35-21-19(17)36-24(32)27-21)23(31)28(22(18)30)13-6-4-12(26)5-7-13/h3-9,17-18,20H,2,10H2,1H3,(H,27,32)/t17-,18?,20?/m1/s1. The molecular formula is C24H18ClFN2O6S2. The summed E-state index contributed by atoms with van der Waals surface area (Å²) in [4.78, 5) is 55.4. The summed E-state index contributed by atoms with van der Waals surface area (Å²) in [6.07, 6.45) is 0. The van der Waals surface area contributed by atoms with E-state index in [0.29, 0.717) is 20.5 Å². The highest BCUT2D eigenvalue weighted by atomic mass is 35.5. The van der Waals surface area contributed by atoms with Gasteiger partial charge in [-0.15, -0.1) is 0 Å². The van der Waals surface area contributed by atoms with Crippen LogP contribution in [-0.4, -0.2) is 41.2 Å². The van der Waals surface area contributed by atoms with E-state index in [2.05, 4.69) is 4.98 Å². The third-order valence-electron chi connectivity index (χ3n) is 5.87. The van der Waals surface area contributed by atoms with Crippen molar-refractivity contribution in [2.75, 3.05) is 18.1 Å². The maximum absolute atomic E-state index is 13.7. The van der Waals surface area contributed by atoms with Crippen LogP contribution < -0.4 is 14.5 Å². The number of esters is 1. The van der Waals surface area contributed by atoms with E-state index < -0.39 is 40.7 Å². The van der Waals surface area contributed by atoms with Gasteiger partial charge >= 0.3 is 10.8 Å². The molecule has 0 bridgehead atoms. The van der Waals surface area contributed by atoms with E-state index in [9.17, 15) is 23.6 Å². The minimum Gasteiger partial charge on any atom is -0.482 e. The molecule has 12 heteroatoms. The maximum atomic E-state index is 13.7. The Morgan fingerprint density at radius 2 is 1.89 bits per heavy atom. The van der Waals surface area contributed by atoms with Gasteiger partial charge in [0.2, 0.25) is 11.8 Å². The Balaban J connectivity index is 1.61. The number of thioether (sulfide) groups is 1. The zero-order valence-electron chi connectivity index (χ0n) is 18.7. The molecule has 0 saturated carbocycles. The number of aromatic nitrogens is 1. The molecule has 2 aliphatic heterocycles. The summed E-state index contributed by atoms with van der Waals surface area (Å²) in [5, 5.41) is -0.0169. The molecule has 8 nitrogen and oxygen atoms in total. The highest BCUT2D eigenvalue weighted by molar-refractivity contribution is 8.00. The Kier molecular flexibility index (Phi) is 6.62. The van der Waals surface area contributed by atoms with Crippen LogP contribution in [0.2, 0.25) is 5.02 Å². The molecule has 0 aliphatic carbocycles. The summed E-state index contributed by atoms with van der Waals surface area (Å²) in [7, 11) is 0. The lowest BCUT2D eigenvalue weighted by atomic mass is 9.82. The smallest absolute Gasteiger partial charge is 0.344 e. The van der Waals surface area contributed by atoms with E-state index in [1.165, 1.54) is 24.3 Å². The summed E-state index contributed by atoms with van der Waals surface area (Å²) in [5.74, 6) is -3.41. The van der Waals surface area contributed by atoms with Gasteiger partial charge in [-0.05, 0) is 49.4 Å². The number of nitrogens with zero attached hydrogens (tertiary/aromatic N) is 1. The number of imide groups is 1. The molecule has 36 heavy (non-hydrogen) atoms. The second-order valence-electron chi connectivity index (χ2n) is 8.01. The van der Waals surface area contributed by atoms with Crippen LogP contribution in [0.4, 0.5) is 10.1 Å². The van der Waals surface area contributed by atoms with Crippen LogP contribution in [0.3, 0.4) is 0 Å². The first-order chi connectivity index (χ1) is 17.3. The molecule has 186 valence electrons. The van der Waals surface area contributed by atoms with Crippen LogP contribution in [0.25, 0.3) is 0 Å². The number of hydrogen-bond acceptors (Lipinski definition) is 8. The number of fused-ring (bicyclic) bond motifs is 2. The lowest BCUT2D eigenvalue weighted by molar-refractivity contribution is -0.145. The maximum Gasteiger partial charge on any atom is 0.344 e. The first-order valence-corrected chi connectivity index (χ1v) is 13.0. The lowest BCUT2D eigenvalue weighted by Gasteiger charge is -2.31. The molecule has 3 atom stereocenters. The number of carbonyl (C=O) groups excluding carboxylic acids is 3. The van der Waals surface area contributed by atoms with Gasteiger partial charge in [0.1, 0.15) is 16.8 Å². The molecule has 2 amide bonds. The summed E-state index contributed by atoms with van der Waals surface area (Å²) < 4.78 is 24.2. The number of nitrogens with one attached hydrogen (secondary N) is 1. The molecule has 0 spiro atoms. The molecule has 1 saturated heterocycles. The molecular weight excluding hydrogens is 531 g/mol. The topological polar surface area (TPSA) is 106 Å². The molecule has 3 aromatic rings. The summed E-state index contributed by atoms with van der Waals surface area (Å²) in [5.41, 5.74) is 0.711. The quantitative estimate of drug-likeness (QED) is 0.367. The fraction of sp³-hybridized carbons (Fsp3) is 0.250.